The molecule has 3 heterocycles. The summed E-state index contributed by atoms with van der Waals surface area (Å²) in [5, 5.41) is 12.3. The summed E-state index contributed by atoms with van der Waals surface area (Å²) in [6.07, 6.45) is 1.17. The van der Waals surface area contributed by atoms with Crippen LogP contribution in [0.1, 0.15) is 71.1 Å². The van der Waals surface area contributed by atoms with Crippen LogP contribution in [0.3, 0.4) is 0 Å². The van der Waals surface area contributed by atoms with Gasteiger partial charge in [0.2, 0.25) is 0 Å². The van der Waals surface area contributed by atoms with Gasteiger partial charge in [-0.05, 0) is 63.4 Å². The lowest BCUT2D eigenvalue weighted by atomic mass is 9.88. The van der Waals surface area contributed by atoms with Gasteiger partial charge in [-0.3, -0.25) is 14.9 Å². The Morgan fingerprint density at radius 3 is 2.35 bits per heavy atom. The summed E-state index contributed by atoms with van der Waals surface area (Å²) in [6.45, 7) is 6.27. The number of rotatable bonds is 4. The van der Waals surface area contributed by atoms with Crippen molar-refractivity contribution in [2.45, 2.75) is 55.3 Å². The topological polar surface area (TPSA) is 113 Å². The molecule has 0 aliphatic carbocycles. The molecule has 2 N–H and O–H groups in total. The average Bonchev–Trinajstić information content (AvgIpc) is 3.31. The normalized spacial score (nSPS) is 16.4. The number of thiophene rings is 1. The monoisotopic (exact) mass is 578 g/mol. The van der Waals surface area contributed by atoms with Gasteiger partial charge in [-0.25, -0.2) is 9.59 Å². The summed E-state index contributed by atoms with van der Waals surface area (Å²) in [4.78, 5) is 54.0. The molecule has 1 spiro atoms. The minimum Gasteiger partial charge on any atom is -0.478 e. The number of thioether (sulfide) groups is 1. The number of piperidine rings is 1. The van der Waals surface area contributed by atoms with Crippen molar-refractivity contribution in [3.8, 4) is 10.4 Å². The van der Waals surface area contributed by atoms with Crippen molar-refractivity contribution in [2.24, 2.45) is 0 Å². The molecule has 0 bridgehead atoms. The van der Waals surface area contributed by atoms with Crippen LogP contribution in [0.2, 0.25) is 0 Å². The molecule has 0 unspecified atom stereocenters. The number of nitrogens with zero attached hydrogens (tertiary/aromatic N) is 1. The van der Waals surface area contributed by atoms with Crippen molar-refractivity contribution >= 4 is 51.9 Å². The van der Waals surface area contributed by atoms with Crippen molar-refractivity contribution in [1.29, 1.82) is 0 Å². The number of carboxylic acids is 1. The van der Waals surface area contributed by atoms with Gasteiger partial charge in [0, 0.05) is 39.6 Å². The van der Waals surface area contributed by atoms with Crippen molar-refractivity contribution in [3.63, 3.8) is 0 Å². The molecule has 2 aromatic carbocycles. The zero-order chi connectivity index (χ0) is 28.7. The molecule has 0 saturated carbocycles. The van der Waals surface area contributed by atoms with E-state index < -0.39 is 17.7 Å². The fraction of sp³-hybridized carbons (Fsp3) is 0.333. The highest BCUT2D eigenvalue weighted by atomic mass is 32.2. The lowest BCUT2D eigenvalue weighted by Crippen LogP contribution is -2.47. The van der Waals surface area contributed by atoms with Gasteiger partial charge in [-0.2, -0.15) is 0 Å². The molecule has 1 fully saturated rings. The molecule has 0 radical (unpaired) electrons. The van der Waals surface area contributed by atoms with E-state index in [-0.39, 0.29) is 22.0 Å². The smallest absolute Gasteiger partial charge is 0.412 e. The van der Waals surface area contributed by atoms with Gasteiger partial charge >= 0.3 is 12.1 Å². The molecular weight excluding hydrogens is 548 g/mol. The number of carbonyl (C=O) groups is 4. The van der Waals surface area contributed by atoms with Crippen LogP contribution < -0.4 is 5.32 Å². The average molecular weight is 579 g/mol. The summed E-state index contributed by atoms with van der Waals surface area (Å²) in [5.41, 5.74) is 1.30. The molecule has 2 aliphatic rings. The summed E-state index contributed by atoms with van der Waals surface area (Å²) < 4.78 is 5.19. The molecule has 208 valence electrons. The Kier molecular flexibility index (Phi) is 7.50. The first-order valence-corrected chi connectivity index (χ1v) is 14.6. The molecule has 0 atom stereocenters. The molecule has 1 saturated heterocycles. The number of aromatic carboxylic acids is 1. The third kappa shape index (κ3) is 5.93. The van der Waals surface area contributed by atoms with Gasteiger partial charge in [0.15, 0.2) is 5.78 Å². The summed E-state index contributed by atoms with van der Waals surface area (Å²) in [5.74, 6) is -1.09. The quantitative estimate of drug-likeness (QED) is 0.349. The van der Waals surface area contributed by atoms with Crippen LogP contribution in [0.15, 0.2) is 59.5 Å². The summed E-state index contributed by atoms with van der Waals surface area (Å²) in [6, 6.07) is 15.8. The number of nitrogens with one attached hydrogen (secondary N) is 1. The van der Waals surface area contributed by atoms with Crippen LogP contribution in [0.5, 0.6) is 0 Å². The van der Waals surface area contributed by atoms with Crippen molar-refractivity contribution in [1.82, 2.24) is 4.90 Å². The highest BCUT2D eigenvalue weighted by Gasteiger charge is 2.43. The van der Waals surface area contributed by atoms with Crippen LogP contribution in [-0.4, -0.2) is 57.2 Å². The predicted molar refractivity (Wildman–Crippen MR) is 156 cm³/mol. The van der Waals surface area contributed by atoms with E-state index in [0.717, 1.165) is 16.0 Å². The molecule has 40 heavy (non-hydrogen) atoms. The summed E-state index contributed by atoms with van der Waals surface area (Å²) >= 11 is 2.97. The molecule has 3 aromatic rings. The van der Waals surface area contributed by atoms with Gasteiger partial charge in [0.1, 0.15) is 10.6 Å². The van der Waals surface area contributed by atoms with E-state index in [1.165, 1.54) is 23.5 Å². The van der Waals surface area contributed by atoms with Crippen LogP contribution in [0, 0.1) is 0 Å². The fourth-order valence-electron chi connectivity index (χ4n) is 4.97. The minimum absolute atomic E-state index is 0.148. The third-order valence-corrected chi connectivity index (χ3v) is 9.61. The zero-order valence-electron chi connectivity index (χ0n) is 22.5. The van der Waals surface area contributed by atoms with Crippen LogP contribution in [0.25, 0.3) is 10.4 Å². The Hall–Kier alpha value is -3.63. The molecular formula is C30H30N2O6S2. The third-order valence-electron chi connectivity index (χ3n) is 6.95. The van der Waals surface area contributed by atoms with E-state index in [1.54, 1.807) is 55.6 Å². The standard InChI is InChI=1S/C30H30N2O6S2/c1-29(2,3)38-28(37)31-25-21(16-24(39-25)18-8-10-19(11-9-18)27(35)36)26(34)32-14-12-30(13-15-32)17-22(33)20-6-4-5-7-23(20)40-30/h4-11,16H,12-15,17H2,1-3H3,(H,31,37)(H,35,36). The Labute approximate surface area is 240 Å². The number of fused-ring (bicyclic) bond motifs is 1. The number of hydrogen-bond donors (Lipinski definition) is 2. The van der Waals surface area contributed by atoms with Crippen LogP contribution in [0.4, 0.5) is 9.80 Å². The van der Waals surface area contributed by atoms with Gasteiger partial charge in [-0.1, -0.05) is 30.3 Å². The Bertz CT molecular complexity index is 1480. The molecule has 1 aromatic heterocycles. The number of ether oxygens (including phenoxy) is 1. The molecule has 2 amide bonds. The van der Waals surface area contributed by atoms with Crippen LogP contribution in [-0.2, 0) is 4.74 Å². The van der Waals surface area contributed by atoms with Crippen molar-refractivity contribution < 1.29 is 29.0 Å². The largest absolute Gasteiger partial charge is 0.478 e. The lowest BCUT2D eigenvalue weighted by molar-refractivity contribution is 0.0634. The summed E-state index contributed by atoms with van der Waals surface area (Å²) in [7, 11) is 0. The first kappa shape index (κ1) is 27.9. The number of hydrogen-bond acceptors (Lipinski definition) is 7. The maximum atomic E-state index is 13.8. The maximum absolute atomic E-state index is 13.8. The van der Waals surface area contributed by atoms with E-state index in [1.807, 2.05) is 24.3 Å². The minimum atomic E-state index is -1.02. The maximum Gasteiger partial charge on any atom is 0.412 e. The highest BCUT2D eigenvalue weighted by molar-refractivity contribution is 8.01. The molecule has 10 heteroatoms. The number of Topliss-reactive ketones (excluding diaryl/α,β-unsaturated/α-hetero) is 1. The van der Waals surface area contributed by atoms with Crippen molar-refractivity contribution in [3.05, 3.63) is 71.3 Å². The van der Waals surface area contributed by atoms with E-state index in [0.29, 0.717) is 47.8 Å². The second kappa shape index (κ2) is 10.7. The lowest BCUT2D eigenvalue weighted by Gasteiger charge is -2.43. The predicted octanol–water partition coefficient (Wildman–Crippen LogP) is 6.81. The van der Waals surface area contributed by atoms with Gasteiger partial charge in [0.25, 0.3) is 5.91 Å². The molecule has 5 rings (SSSR count). The second-order valence-electron chi connectivity index (χ2n) is 11.0. The number of amides is 2. The Morgan fingerprint density at radius 1 is 1.02 bits per heavy atom. The number of carbonyl (C=O) groups excluding carboxylic acids is 3. The number of carboxylic acid groups (broad SMARTS) is 1. The van der Waals surface area contributed by atoms with Crippen molar-refractivity contribution in [2.75, 3.05) is 18.4 Å². The van der Waals surface area contributed by atoms with Crippen LogP contribution >= 0.6 is 23.1 Å². The van der Waals surface area contributed by atoms with Gasteiger partial charge in [-0.15, -0.1) is 23.1 Å². The van der Waals surface area contributed by atoms with E-state index in [9.17, 15) is 24.3 Å². The Balaban J connectivity index is 1.37. The van der Waals surface area contributed by atoms with Gasteiger partial charge in [0.05, 0.1) is 11.1 Å². The molecule has 8 nitrogen and oxygen atoms in total. The number of anilines is 1. The first-order chi connectivity index (χ1) is 18.9. The number of ketones is 1. The van der Waals surface area contributed by atoms with E-state index >= 15 is 0 Å². The fourth-order valence-corrected chi connectivity index (χ4v) is 7.50. The first-order valence-electron chi connectivity index (χ1n) is 13.0. The Morgan fingerprint density at radius 2 is 1.70 bits per heavy atom. The van der Waals surface area contributed by atoms with Gasteiger partial charge < -0.3 is 14.7 Å². The number of likely N-dealkylation sites (tertiary alicyclic amines) is 1. The molecule has 2 aliphatic heterocycles. The zero-order valence-corrected chi connectivity index (χ0v) is 24.1. The van der Waals surface area contributed by atoms with E-state index in [2.05, 4.69) is 5.32 Å². The number of benzene rings is 2. The van der Waals surface area contributed by atoms with E-state index in [4.69, 9.17) is 4.74 Å². The highest BCUT2D eigenvalue weighted by Crippen LogP contribution is 2.49. The SMILES string of the molecule is CC(C)(C)OC(=O)Nc1sc(-c2ccc(C(=O)O)cc2)cc1C(=O)N1CCC2(CC1)CC(=O)c1ccccc1S2. The second-order valence-corrected chi connectivity index (χ2v) is 13.6.